The molecule has 5 nitrogen and oxygen atoms in total. The number of likely N-dealkylation sites (N-methyl/N-ethyl adjacent to an activating group) is 1. The quantitative estimate of drug-likeness (QED) is 0.916. The molecular formula is C18H25N5. The Kier molecular flexibility index (Phi) is 5.20. The van der Waals surface area contributed by atoms with E-state index in [1.54, 1.807) is 0 Å². The summed E-state index contributed by atoms with van der Waals surface area (Å²) in [4.78, 5) is 14.0. The Labute approximate surface area is 138 Å². The molecule has 2 heterocycles. The van der Waals surface area contributed by atoms with Crippen LogP contribution in [0.1, 0.15) is 5.56 Å². The number of anilines is 1. The highest BCUT2D eigenvalue weighted by Crippen LogP contribution is 2.21. The van der Waals surface area contributed by atoms with Gasteiger partial charge in [-0.3, -0.25) is 4.90 Å². The Morgan fingerprint density at radius 2 is 1.83 bits per heavy atom. The average molecular weight is 311 g/mol. The number of hydrogen-bond acceptors (Lipinski definition) is 5. The highest BCUT2D eigenvalue weighted by molar-refractivity contribution is 5.63. The van der Waals surface area contributed by atoms with Crippen LogP contribution in [-0.2, 0) is 0 Å². The third kappa shape index (κ3) is 4.27. The van der Waals surface area contributed by atoms with Crippen molar-refractivity contribution in [2.45, 2.75) is 6.92 Å². The van der Waals surface area contributed by atoms with Gasteiger partial charge >= 0.3 is 0 Å². The fourth-order valence-corrected chi connectivity index (χ4v) is 2.81. The van der Waals surface area contributed by atoms with Gasteiger partial charge in [-0.2, -0.15) is 0 Å². The lowest BCUT2D eigenvalue weighted by molar-refractivity contribution is 0.158. The maximum Gasteiger partial charge on any atom is 0.223 e. The molecule has 0 radical (unpaired) electrons. The Morgan fingerprint density at radius 1 is 1.09 bits per heavy atom. The first-order chi connectivity index (χ1) is 11.2. The fraction of sp³-hybridized carbons (Fsp3) is 0.444. The Hall–Kier alpha value is -1.98. The van der Waals surface area contributed by atoms with Gasteiger partial charge in [0, 0.05) is 51.0 Å². The highest BCUT2D eigenvalue weighted by Gasteiger charge is 2.13. The van der Waals surface area contributed by atoms with Crippen LogP contribution < -0.4 is 5.32 Å². The number of piperazine rings is 1. The summed E-state index contributed by atoms with van der Waals surface area (Å²) >= 11 is 0. The lowest BCUT2D eigenvalue weighted by Crippen LogP contribution is -2.45. The first-order valence-corrected chi connectivity index (χ1v) is 8.26. The van der Waals surface area contributed by atoms with Gasteiger partial charge in [-0.05, 0) is 19.5 Å². The molecule has 1 aliphatic rings. The second-order valence-corrected chi connectivity index (χ2v) is 6.16. The van der Waals surface area contributed by atoms with Crippen LogP contribution in [0.25, 0.3) is 11.3 Å². The average Bonchev–Trinajstić information content (AvgIpc) is 2.59. The fourth-order valence-electron chi connectivity index (χ4n) is 2.81. The van der Waals surface area contributed by atoms with Gasteiger partial charge in [-0.15, -0.1) is 0 Å². The number of hydrogen-bond donors (Lipinski definition) is 1. The minimum Gasteiger partial charge on any atom is -0.353 e. The topological polar surface area (TPSA) is 44.3 Å². The third-order valence-electron chi connectivity index (χ3n) is 4.33. The summed E-state index contributed by atoms with van der Waals surface area (Å²) in [5.41, 5.74) is 3.23. The molecular weight excluding hydrogens is 286 g/mol. The van der Waals surface area contributed by atoms with Gasteiger partial charge in [0.2, 0.25) is 5.95 Å². The molecule has 0 saturated carbocycles. The first kappa shape index (κ1) is 15.9. The monoisotopic (exact) mass is 311 g/mol. The van der Waals surface area contributed by atoms with Gasteiger partial charge in [0.25, 0.3) is 0 Å². The van der Waals surface area contributed by atoms with Crippen LogP contribution in [0.3, 0.4) is 0 Å². The molecule has 3 rings (SSSR count). The molecule has 0 spiro atoms. The van der Waals surface area contributed by atoms with Crippen LogP contribution in [0.5, 0.6) is 0 Å². The predicted octanol–water partition coefficient (Wildman–Crippen LogP) is 2.11. The van der Waals surface area contributed by atoms with Gasteiger partial charge in [0.1, 0.15) is 0 Å². The summed E-state index contributed by atoms with van der Waals surface area (Å²) in [6.45, 7) is 8.55. The van der Waals surface area contributed by atoms with Crippen molar-refractivity contribution in [3.05, 3.63) is 42.1 Å². The summed E-state index contributed by atoms with van der Waals surface area (Å²) in [6, 6.07) is 10.3. The molecule has 1 aromatic heterocycles. The number of aryl methyl sites for hydroxylation is 1. The van der Waals surface area contributed by atoms with Crippen LogP contribution in [0.2, 0.25) is 0 Å². The summed E-state index contributed by atoms with van der Waals surface area (Å²) in [7, 11) is 2.18. The van der Waals surface area contributed by atoms with Crippen molar-refractivity contribution in [2.24, 2.45) is 0 Å². The van der Waals surface area contributed by atoms with E-state index in [-0.39, 0.29) is 0 Å². The van der Waals surface area contributed by atoms with Crippen LogP contribution in [-0.4, -0.2) is 66.1 Å². The van der Waals surface area contributed by atoms with E-state index >= 15 is 0 Å². The van der Waals surface area contributed by atoms with Crippen LogP contribution >= 0.6 is 0 Å². The smallest absolute Gasteiger partial charge is 0.223 e. The molecule has 0 bridgehead atoms. The largest absolute Gasteiger partial charge is 0.353 e. The number of benzene rings is 1. The second-order valence-electron chi connectivity index (χ2n) is 6.16. The SMILES string of the molecule is Cc1cnc(NCCN2CCN(C)CC2)nc1-c1ccccc1. The number of rotatable bonds is 5. The molecule has 0 amide bonds. The van der Waals surface area contributed by atoms with Gasteiger partial charge in [-0.25, -0.2) is 9.97 Å². The molecule has 23 heavy (non-hydrogen) atoms. The minimum absolute atomic E-state index is 0.712. The Bertz CT molecular complexity index is 621. The van der Waals surface area contributed by atoms with E-state index in [1.807, 2.05) is 24.4 Å². The third-order valence-corrected chi connectivity index (χ3v) is 4.33. The predicted molar refractivity (Wildman–Crippen MR) is 94.6 cm³/mol. The minimum atomic E-state index is 0.712. The van der Waals surface area contributed by atoms with E-state index in [1.165, 1.54) is 0 Å². The molecule has 1 aromatic carbocycles. The molecule has 0 unspecified atom stereocenters. The summed E-state index contributed by atoms with van der Waals surface area (Å²) in [5, 5.41) is 3.36. The lowest BCUT2D eigenvalue weighted by atomic mass is 10.1. The van der Waals surface area contributed by atoms with Crippen molar-refractivity contribution in [3.8, 4) is 11.3 Å². The van der Waals surface area contributed by atoms with Crippen molar-refractivity contribution < 1.29 is 0 Å². The molecule has 1 N–H and O–H groups in total. The van der Waals surface area contributed by atoms with E-state index in [9.17, 15) is 0 Å². The van der Waals surface area contributed by atoms with Gasteiger partial charge in [-0.1, -0.05) is 30.3 Å². The van der Waals surface area contributed by atoms with E-state index in [4.69, 9.17) is 0 Å². The number of aromatic nitrogens is 2. The molecule has 0 aliphatic carbocycles. The summed E-state index contributed by atoms with van der Waals surface area (Å²) < 4.78 is 0. The molecule has 0 atom stereocenters. The standard InChI is InChI=1S/C18H25N5/c1-15-14-20-18(21-17(15)16-6-4-3-5-7-16)19-8-9-23-12-10-22(2)11-13-23/h3-7,14H,8-13H2,1-2H3,(H,19,20,21). The molecule has 5 heteroatoms. The Morgan fingerprint density at radius 3 is 2.57 bits per heavy atom. The van der Waals surface area contributed by atoms with E-state index in [0.29, 0.717) is 5.95 Å². The normalized spacial score (nSPS) is 16.4. The Balaban J connectivity index is 1.58. The van der Waals surface area contributed by atoms with Gasteiger partial charge in [0.15, 0.2) is 0 Å². The van der Waals surface area contributed by atoms with Crippen molar-refractivity contribution in [1.29, 1.82) is 0 Å². The number of nitrogens with one attached hydrogen (secondary N) is 1. The zero-order valence-electron chi connectivity index (χ0n) is 14.0. The van der Waals surface area contributed by atoms with Crippen molar-refractivity contribution >= 4 is 5.95 Å². The summed E-state index contributed by atoms with van der Waals surface area (Å²) in [6.07, 6.45) is 1.90. The van der Waals surface area contributed by atoms with E-state index in [0.717, 1.165) is 56.1 Å². The molecule has 1 saturated heterocycles. The van der Waals surface area contributed by atoms with Crippen molar-refractivity contribution in [1.82, 2.24) is 19.8 Å². The lowest BCUT2D eigenvalue weighted by Gasteiger charge is -2.32. The maximum absolute atomic E-state index is 4.69. The molecule has 2 aromatic rings. The van der Waals surface area contributed by atoms with Gasteiger partial charge in [0.05, 0.1) is 5.69 Å². The zero-order chi connectivity index (χ0) is 16.1. The van der Waals surface area contributed by atoms with E-state index in [2.05, 4.69) is 51.2 Å². The van der Waals surface area contributed by atoms with Crippen LogP contribution in [0.4, 0.5) is 5.95 Å². The zero-order valence-corrected chi connectivity index (χ0v) is 14.0. The summed E-state index contributed by atoms with van der Waals surface area (Å²) in [5.74, 6) is 0.712. The number of nitrogens with zero attached hydrogens (tertiary/aromatic N) is 4. The molecule has 1 aliphatic heterocycles. The highest BCUT2D eigenvalue weighted by atomic mass is 15.3. The molecule has 122 valence electrons. The first-order valence-electron chi connectivity index (χ1n) is 8.26. The van der Waals surface area contributed by atoms with Crippen LogP contribution in [0.15, 0.2) is 36.5 Å². The van der Waals surface area contributed by atoms with Gasteiger partial charge < -0.3 is 10.2 Å². The second kappa shape index (κ2) is 7.53. The maximum atomic E-state index is 4.69. The molecule has 1 fully saturated rings. The van der Waals surface area contributed by atoms with Crippen molar-refractivity contribution in [3.63, 3.8) is 0 Å². The van der Waals surface area contributed by atoms with Crippen LogP contribution in [0, 0.1) is 6.92 Å². The van der Waals surface area contributed by atoms with Crippen molar-refractivity contribution in [2.75, 3.05) is 51.6 Å². The van der Waals surface area contributed by atoms with E-state index < -0.39 is 0 Å².